The maximum atomic E-state index is 5.35. The summed E-state index contributed by atoms with van der Waals surface area (Å²) in [4.78, 5) is 0. The minimum absolute atomic E-state index is 0.853. The molecule has 1 aromatic rings. The van der Waals surface area contributed by atoms with E-state index in [-0.39, 0.29) is 0 Å². The number of benzene rings is 1. The summed E-state index contributed by atoms with van der Waals surface area (Å²) >= 11 is 0. The molecule has 0 N–H and O–H groups in total. The van der Waals surface area contributed by atoms with Crippen molar-refractivity contribution in [3.63, 3.8) is 0 Å². The number of hydrogen-bond acceptors (Lipinski definition) is 1. The fourth-order valence-corrected chi connectivity index (χ4v) is 4.79. The molecule has 0 aliphatic heterocycles. The molecule has 1 nitrogen and oxygen atoms in total. The Labute approximate surface area is 95.1 Å². The minimum Gasteiger partial charge on any atom is -0.497 e. The molecule has 0 spiro atoms. The van der Waals surface area contributed by atoms with Gasteiger partial charge in [0, 0.05) is 0 Å². The highest BCUT2D eigenvalue weighted by molar-refractivity contribution is 5.55. The van der Waals surface area contributed by atoms with Gasteiger partial charge in [0.05, 0.1) is 7.11 Å². The van der Waals surface area contributed by atoms with Gasteiger partial charge in [0.2, 0.25) is 0 Å². The molecule has 1 heteroatoms. The quantitative estimate of drug-likeness (QED) is 0.647. The summed E-state index contributed by atoms with van der Waals surface area (Å²) < 4.78 is 5.35. The van der Waals surface area contributed by atoms with Gasteiger partial charge in [-0.1, -0.05) is 18.2 Å². The summed E-state index contributed by atoms with van der Waals surface area (Å²) in [7, 11) is 1.76. The van der Waals surface area contributed by atoms with E-state index >= 15 is 0 Å². The fourth-order valence-electron chi connectivity index (χ4n) is 4.79. The Morgan fingerprint density at radius 1 is 0.938 bits per heavy atom. The number of methoxy groups -OCH3 is 1. The molecule has 0 bridgehead atoms. The maximum absolute atomic E-state index is 5.35. The predicted molar refractivity (Wildman–Crippen MR) is 61.6 cm³/mol. The van der Waals surface area contributed by atoms with Gasteiger partial charge in [-0.3, -0.25) is 0 Å². The van der Waals surface area contributed by atoms with Crippen molar-refractivity contribution in [1.82, 2.24) is 0 Å². The molecule has 0 heterocycles. The van der Waals surface area contributed by atoms with Crippen molar-refractivity contribution in [2.75, 3.05) is 7.11 Å². The van der Waals surface area contributed by atoms with Gasteiger partial charge in [0.15, 0.2) is 0 Å². The standard InChI is InChI=1S/C15H14O/c1-16-7-2-3-10-11(6-7)14-13-9-5-4-8(9)12(10)15(13)14/h2-6,8-9,12-15H,1H3/t8-,9+,12+,13-,14+,15-/m0/s1. The third kappa shape index (κ3) is 0.634. The van der Waals surface area contributed by atoms with Crippen LogP contribution in [0.4, 0.5) is 0 Å². The van der Waals surface area contributed by atoms with Gasteiger partial charge >= 0.3 is 0 Å². The second-order valence-corrected chi connectivity index (χ2v) is 5.74. The van der Waals surface area contributed by atoms with Crippen molar-refractivity contribution in [2.24, 2.45) is 23.7 Å². The van der Waals surface area contributed by atoms with Crippen LogP contribution in [0.3, 0.4) is 0 Å². The molecular weight excluding hydrogens is 196 g/mol. The highest BCUT2D eigenvalue weighted by Gasteiger charge is 2.71. The summed E-state index contributed by atoms with van der Waals surface area (Å²) in [5, 5.41) is 0. The predicted octanol–water partition coefficient (Wildman–Crippen LogP) is 2.94. The van der Waals surface area contributed by atoms with Gasteiger partial charge in [0.1, 0.15) is 5.75 Å². The molecular formula is C15H14O. The number of fused-ring (bicyclic) bond motifs is 7. The highest BCUT2D eigenvalue weighted by atomic mass is 16.5. The maximum Gasteiger partial charge on any atom is 0.119 e. The van der Waals surface area contributed by atoms with Crippen molar-refractivity contribution in [3.8, 4) is 5.75 Å². The van der Waals surface area contributed by atoms with E-state index in [2.05, 4.69) is 30.4 Å². The van der Waals surface area contributed by atoms with Crippen LogP contribution in [-0.4, -0.2) is 7.11 Å². The van der Waals surface area contributed by atoms with Crippen LogP contribution in [0.1, 0.15) is 23.0 Å². The summed E-state index contributed by atoms with van der Waals surface area (Å²) in [6, 6.07) is 6.74. The molecule has 16 heavy (non-hydrogen) atoms. The van der Waals surface area contributed by atoms with E-state index in [1.54, 1.807) is 18.2 Å². The first-order valence-corrected chi connectivity index (χ1v) is 6.26. The Morgan fingerprint density at radius 3 is 2.56 bits per heavy atom. The van der Waals surface area contributed by atoms with Gasteiger partial charge in [-0.2, -0.15) is 0 Å². The van der Waals surface area contributed by atoms with Crippen LogP contribution in [-0.2, 0) is 0 Å². The molecule has 1 aromatic carbocycles. The summed E-state index contributed by atoms with van der Waals surface area (Å²) in [6.07, 6.45) is 4.89. The number of rotatable bonds is 1. The van der Waals surface area contributed by atoms with Gasteiger partial charge in [-0.15, -0.1) is 0 Å². The van der Waals surface area contributed by atoms with E-state index in [9.17, 15) is 0 Å². The number of hydrogen-bond donors (Lipinski definition) is 0. The van der Waals surface area contributed by atoms with Crippen molar-refractivity contribution in [1.29, 1.82) is 0 Å². The average Bonchev–Trinajstić information content (AvgIpc) is 2.82. The topological polar surface area (TPSA) is 9.23 Å². The third-order valence-electron chi connectivity index (χ3n) is 5.42. The first kappa shape index (κ1) is 7.94. The summed E-state index contributed by atoms with van der Waals surface area (Å²) in [5.74, 6) is 6.52. The molecule has 2 saturated carbocycles. The molecule has 4 aliphatic rings. The van der Waals surface area contributed by atoms with E-state index in [4.69, 9.17) is 4.74 Å². The largest absolute Gasteiger partial charge is 0.497 e. The Bertz CT molecular complexity index is 530. The van der Waals surface area contributed by atoms with E-state index in [0.717, 1.165) is 41.3 Å². The molecule has 4 aliphatic carbocycles. The van der Waals surface area contributed by atoms with Crippen LogP contribution < -0.4 is 4.74 Å². The molecule has 0 unspecified atom stereocenters. The lowest BCUT2D eigenvalue weighted by molar-refractivity contribution is 0.398. The fraction of sp³-hybridized carbons (Fsp3) is 0.467. The van der Waals surface area contributed by atoms with Crippen molar-refractivity contribution >= 4 is 0 Å². The van der Waals surface area contributed by atoms with Crippen LogP contribution in [0.25, 0.3) is 0 Å². The molecule has 0 amide bonds. The lowest BCUT2D eigenvalue weighted by Gasteiger charge is -2.28. The molecule has 0 aromatic heterocycles. The third-order valence-corrected chi connectivity index (χ3v) is 5.42. The smallest absolute Gasteiger partial charge is 0.119 e. The van der Waals surface area contributed by atoms with Crippen LogP contribution in [0.5, 0.6) is 5.75 Å². The molecule has 5 rings (SSSR count). The summed E-state index contributed by atoms with van der Waals surface area (Å²) in [5.41, 5.74) is 3.24. The second kappa shape index (κ2) is 2.22. The van der Waals surface area contributed by atoms with Crippen molar-refractivity contribution in [3.05, 3.63) is 41.5 Å². The molecule has 6 atom stereocenters. The lowest BCUT2D eigenvalue weighted by Crippen LogP contribution is -2.20. The second-order valence-electron chi connectivity index (χ2n) is 5.74. The average molecular weight is 210 g/mol. The molecule has 2 fully saturated rings. The van der Waals surface area contributed by atoms with Crippen LogP contribution in [0, 0.1) is 23.7 Å². The Kier molecular flexibility index (Phi) is 1.10. The Hall–Kier alpha value is -1.24. The van der Waals surface area contributed by atoms with E-state index < -0.39 is 0 Å². The highest BCUT2D eigenvalue weighted by Crippen LogP contribution is 2.80. The first-order valence-electron chi connectivity index (χ1n) is 6.26. The Morgan fingerprint density at radius 2 is 1.81 bits per heavy atom. The minimum atomic E-state index is 0.853. The lowest BCUT2D eigenvalue weighted by atomic mass is 9.76. The zero-order valence-electron chi connectivity index (χ0n) is 9.26. The van der Waals surface area contributed by atoms with Crippen molar-refractivity contribution in [2.45, 2.75) is 11.8 Å². The van der Waals surface area contributed by atoms with Gasteiger partial charge in [-0.25, -0.2) is 0 Å². The van der Waals surface area contributed by atoms with Crippen LogP contribution in [0.15, 0.2) is 30.4 Å². The molecule has 0 saturated heterocycles. The van der Waals surface area contributed by atoms with E-state index in [0.29, 0.717) is 0 Å². The summed E-state index contributed by atoms with van der Waals surface area (Å²) in [6.45, 7) is 0. The Balaban J connectivity index is 1.71. The first-order chi connectivity index (χ1) is 7.90. The van der Waals surface area contributed by atoms with Crippen LogP contribution in [0.2, 0.25) is 0 Å². The number of allylic oxidation sites excluding steroid dienone is 2. The van der Waals surface area contributed by atoms with Gasteiger partial charge in [-0.05, 0) is 58.8 Å². The zero-order chi connectivity index (χ0) is 10.4. The number of ether oxygens (including phenoxy) is 1. The van der Waals surface area contributed by atoms with Crippen LogP contribution >= 0.6 is 0 Å². The van der Waals surface area contributed by atoms with E-state index in [1.165, 1.54) is 0 Å². The normalized spacial score (nSPS) is 48.1. The molecule has 0 radical (unpaired) electrons. The SMILES string of the molecule is COc1ccc2c(c1)[C@H]1[C@H]3[C@@H]2[C@H]2C=C[C@H]2[C@@H]13. The monoisotopic (exact) mass is 210 g/mol. The zero-order valence-corrected chi connectivity index (χ0v) is 9.26. The van der Waals surface area contributed by atoms with Crippen molar-refractivity contribution < 1.29 is 4.74 Å². The van der Waals surface area contributed by atoms with Gasteiger partial charge in [0.25, 0.3) is 0 Å². The molecule has 80 valence electrons. The van der Waals surface area contributed by atoms with E-state index in [1.807, 2.05) is 0 Å². The van der Waals surface area contributed by atoms with Gasteiger partial charge < -0.3 is 4.74 Å².